The molecule has 0 aliphatic carbocycles. The molecule has 1 unspecified atom stereocenters. The van der Waals surface area contributed by atoms with Crippen LogP contribution in [0.1, 0.15) is 26.2 Å². The third-order valence-electron chi connectivity index (χ3n) is 2.31. The van der Waals surface area contributed by atoms with Gasteiger partial charge in [0.15, 0.2) is 0 Å². The van der Waals surface area contributed by atoms with Crippen molar-refractivity contribution in [1.29, 1.82) is 0 Å². The van der Waals surface area contributed by atoms with E-state index in [1.165, 1.54) is 0 Å². The zero-order valence-electron chi connectivity index (χ0n) is 7.40. The standard InChI is InChI=1S/C8H12F3NO/c1-6-4-2-3-5-12(6)7(13)8(9,10)11/h6H,2-5H2,1H3. The van der Waals surface area contributed by atoms with E-state index in [9.17, 15) is 18.0 Å². The van der Waals surface area contributed by atoms with E-state index in [4.69, 9.17) is 0 Å². The van der Waals surface area contributed by atoms with Crippen LogP contribution < -0.4 is 0 Å². The number of carbonyl (C=O) groups is 1. The van der Waals surface area contributed by atoms with E-state index >= 15 is 0 Å². The molecule has 1 fully saturated rings. The van der Waals surface area contributed by atoms with Crippen LogP contribution in [-0.4, -0.2) is 29.6 Å². The average Bonchev–Trinajstić information content (AvgIpc) is 2.02. The van der Waals surface area contributed by atoms with Gasteiger partial charge in [0.25, 0.3) is 0 Å². The van der Waals surface area contributed by atoms with Crippen LogP contribution in [0.5, 0.6) is 0 Å². The highest BCUT2D eigenvalue weighted by Crippen LogP contribution is 2.24. The van der Waals surface area contributed by atoms with Crippen molar-refractivity contribution in [2.45, 2.75) is 38.4 Å². The second-order valence-electron chi connectivity index (χ2n) is 3.34. The second kappa shape index (κ2) is 3.55. The van der Waals surface area contributed by atoms with Gasteiger partial charge >= 0.3 is 12.1 Å². The molecule has 0 aromatic carbocycles. The van der Waals surface area contributed by atoms with Gasteiger partial charge in [0.1, 0.15) is 0 Å². The summed E-state index contributed by atoms with van der Waals surface area (Å²) in [5.74, 6) is -1.69. The summed E-state index contributed by atoms with van der Waals surface area (Å²) in [6.07, 6.45) is -2.47. The van der Waals surface area contributed by atoms with Gasteiger partial charge in [-0.05, 0) is 26.2 Å². The quantitative estimate of drug-likeness (QED) is 0.578. The smallest absolute Gasteiger partial charge is 0.332 e. The molecule has 1 aliphatic heterocycles. The van der Waals surface area contributed by atoms with Gasteiger partial charge in [-0.3, -0.25) is 4.79 Å². The van der Waals surface area contributed by atoms with Crippen LogP contribution in [0, 0.1) is 0 Å². The molecule has 1 rings (SSSR count). The molecule has 0 radical (unpaired) electrons. The van der Waals surface area contributed by atoms with Crippen LogP contribution in [0.25, 0.3) is 0 Å². The van der Waals surface area contributed by atoms with E-state index in [0.717, 1.165) is 11.3 Å². The van der Waals surface area contributed by atoms with Crippen LogP contribution in [-0.2, 0) is 4.79 Å². The first-order chi connectivity index (χ1) is 5.93. The van der Waals surface area contributed by atoms with Crippen LogP contribution >= 0.6 is 0 Å². The number of piperidine rings is 1. The number of amides is 1. The Morgan fingerprint density at radius 3 is 2.46 bits per heavy atom. The summed E-state index contributed by atoms with van der Waals surface area (Å²) in [6, 6.07) is -0.275. The van der Waals surface area contributed by atoms with Crippen LogP contribution in [0.15, 0.2) is 0 Å². The number of alkyl halides is 3. The Morgan fingerprint density at radius 2 is 2.00 bits per heavy atom. The van der Waals surface area contributed by atoms with Crippen LogP contribution in [0.4, 0.5) is 13.2 Å². The molecule has 5 heteroatoms. The molecule has 76 valence electrons. The molecular weight excluding hydrogens is 183 g/mol. The summed E-state index contributed by atoms with van der Waals surface area (Å²) in [5.41, 5.74) is 0. The number of nitrogens with zero attached hydrogens (tertiary/aromatic N) is 1. The predicted octanol–water partition coefficient (Wildman–Crippen LogP) is 1.95. The SMILES string of the molecule is CC1CCCCN1C(=O)C(F)(F)F. The highest BCUT2D eigenvalue weighted by Gasteiger charge is 2.44. The Morgan fingerprint density at radius 1 is 1.38 bits per heavy atom. The molecule has 13 heavy (non-hydrogen) atoms. The van der Waals surface area contributed by atoms with Crippen molar-refractivity contribution in [3.8, 4) is 0 Å². The number of halogens is 3. The maximum Gasteiger partial charge on any atom is 0.471 e. The predicted molar refractivity (Wildman–Crippen MR) is 41.1 cm³/mol. The van der Waals surface area contributed by atoms with Crippen molar-refractivity contribution in [2.75, 3.05) is 6.54 Å². The van der Waals surface area contributed by atoms with E-state index in [-0.39, 0.29) is 12.6 Å². The molecule has 1 heterocycles. The summed E-state index contributed by atoms with van der Waals surface area (Å²) >= 11 is 0. The molecule has 1 aliphatic rings. The van der Waals surface area contributed by atoms with E-state index in [0.29, 0.717) is 12.8 Å². The normalized spacial score (nSPS) is 24.6. The minimum atomic E-state index is -4.72. The molecule has 0 aromatic heterocycles. The highest BCUT2D eigenvalue weighted by molar-refractivity contribution is 5.82. The Bertz CT molecular complexity index is 202. The number of hydrogen-bond acceptors (Lipinski definition) is 1. The Kier molecular flexibility index (Phi) is 2.83. The number of hydrogen-bond donors (Lipinski definition) is 0. The highest BCUT2D eigenvalue weighted by atomic mass is 19.4. The minimum absolute atomic E-state index is 0.236. The van der Waals surface area contributed by atoms with Crippen molar-refractivity contribution < 1.29 is 18.0 Å². The van der Waals surface area contributed by atoms with Gasteiger partial charge in [-0.2, -0.15) is 13.2 Å². The van der Waals surface area contributed by atoms with Gasteiger partial charge in [-0.15, -0.1) is 0 Å². The van der Waals surface area contributed by atoms with Crippen molar-refractivity contribution in [2.24, 2.45) is 0 Å². The van der Waals surface area contributed by atoms with E-state index in [1.54, 1.807) is 6.92 Å². The fraction of sp³-hybridized carbons (Fsp3) is 0.875. The lowest BCUT2D eigenvalue weighted by Crippen LogP contribution is -2.48. The molecular formula is C8H12F3NO. The maximum absolute atomic E-state index is 12.0. The third-order valence-corrected chi connectivity index (χ3v) is 2.31. The van der Waals surface area contributed by atoms with Crippen LogP contribution in [0.2, 0.25) is 0 Å². The zero-order chi connectivity index (χ0) is 10.1. The van der Waals surface area contributed by atoms with E-state index in [1.807, 2.05) is 0 Å². The second-order valence-corrected chi connectivity index (χ2v) is 3.34. The average molecular weight is 195 g/mol. The molecule has 0 bridgehead atoms. The van der Waals surface area contributed by atoms with Crippen LogP contribution in [0.3, 0.4) is 0 Å². The van der Waals surface area contributed by atoms with Gasteiger partial charge in [0.2, 0.25) is 0 Å². The van der Waals surface area contributed by atoms with Crippen molar-refractivity contribution in [1.82, 2.24) is 4.90 Å². The topological polar surface area (TPSA) is 20.3 Å². The zero-order valence-corrected chi connectivity index (χ0v) is 7.40. The monoisotopic (exact) mass is 195 g/mol. The first kappa shape index (κ1) is 10.3. The van der Waals surface area contributed by atoms with E-state index in [2.05, 4.69) is 0 Å². The van der Waals surface area contributed by atoms with Gasteiger partial charge in [-0.25, -0.2) is 0 Å². The van der Waals surface area contributed by atoms with Gasteiger partial charge < -0.3 is 4.90 Å². The minimum Gasteiger partial charge on any atom is -0.332 e. The summed E-state index contributed by atoms with van der Waals surface area (Å²) < 4.78 is 36.0. The fourth-order valence-electron chi connectivity index (χ4n) is 1.56. The molecule has 1 atom stereocenters. The summed E-state index contributed by atoms with van der Waals surface area (Å²) in [7, 11) is 0. The molecule has 1 amide bonds. The molecule has 0 aromatic rings. The lowest BCUT2D eigenvalue weighted by Gasteiger charge is -2.33. The van der Waals surface area contributed by atoms with E-state index < -0.39 is 12.1 Å². The van der Waals surface area contributed by atoms with Gasteiger partial charge in [0, 0.05) is 12.6 Å². The van der Waals surface area contributed by atoms with Crippen molar-refractivity contribution >= 4 is 5.91 Å². The fourth-order valence-corrected chi connectivity index (χ4v) is 1.56. The Labute approximate surface area is 74.7 Å². The van der Waals surface area contributed by atoms with Gasteiger partial charge in [0.05, 0.1) is 0 Å². The molecule has 0 N–H and O–H groups in total. The molecule has 0 saturated carbocycles. The largest absolute Gasteiger partial charge is 0.471 e. The first-order valence-electron chi connectivity index (χ1n) is 4.30. The third kappa shape index (κ3) is 2.35. The van der Waals surface area contributed by atoms with Crippen molar-refractivity contribution in [3.05, 3.63) is 0 Å². The molecule has 0 spiro atoms. The number of rotatable bonds is 0. The Balaban J connectivity index is 2.64. The maximum atomic E-state index is 12.0. The number of likely N-dealkylation sites (tertiary alicyclic amines) is 1. The molecule has 2 nitrogen and oxygen atoms in total. The summed E-state index contributed by atoms with van der Waals surface area (Å²) in [5, 5.41) is 0. The summed E-state index contributed by atoms with van der Waals surface area (Å²) in [4.78, 5) is 11.8. The van der Waals surface area contributed by atoms with Gasteiger partial charge in [-0.1, -0.05) is 0 Å². The number of carbonyl (C=O) groups excluding carboxylic acids is 1. The summed E-state index contributed by atoms with van der Waals surface area (Å²) in [6.45, 7) is 1.89. The lowest BCUT2D eigenvalue weighted by atomic mass is 10.0. The molecule has 1 saturated heterocycles. The van der Waals surface area contributed by atoms with Crippen molar-refractivity contribution in [3.63, 3.8) is 0 Å². The Hall–Kier alpha value is -0.740. The lowest BCUT2D eigenvalue weighted by molar-refractivity contribution is -0.188. The first-order valence-corrected chi connectivity index (χ1v) is 4.30.